The fourth-order valence-corrected chi connectivity index (χ4v) is 3.31. The van der Waals surface area contributed by atoms with E-state index in [1.54, 1.807) is 0 Å². The van der Waals surface area contributed by atoms with Crippen molar-refractivity contribution in [1.29, 1.82) is 0 Å². The Hall–Kier alpha value is -5.33. The van der Waals surface area contributed by atoms with Gasteiger partial charge in [-0.05, 0) is 24.3 Å². The normalized spacial score (nSPS) is 11.1. The van der Waals surface area contributed by atoms with Crippen LogP contribution in [0.4, 0.5) is 0 Å². The predicted octanol–water partition coefficient (Wildman–Crippen LogP) is 1.81. The Balaban J connectivity index is 0.000000195. The number of phenolic OH excluding ortho intramolecular Hbond substituents is 7. The van der Waals surface area contributed by atoms with Crippen molar-refractivity contribution >= 4 is 38.7 Å². The van der Waals surface area contributed by atoms with Gasteiger partial charge in [0.25, 0.3) is 0 Å². The number of benzene rings is 3. The highest BCUT2D eigenvalue weighted by Gasteiger charge is 2.25. The van der Waals surface area contributed by atoms with Gasteiger partial charge in [-0.15, -0.1) is 0 Å². The third kappa shape index (κ3) is 3.15. The molecule has 5 rings (SSSR count). The number of carboxylic acid groups (broad SMARTS) is 1. The topological polar surface area (TPSA) is 239 Å². The largest absolute Gasteiger partial charge is 0.504 e. The van der Waals surface area contributed by atoms with Gasteiger partial charge in [-0.3, -0.25) is 0 Å². The third-order valence-corrected chi connectivity index (χ3v) is 4.87. The summed E-state index contributed by atoms with van der Waals surface area (Å²) >= 11 is 0. The average molecular weight is 472 g/mol. The Bertz CT molecular complexity index is 1620. The zero-order chi connectivity index (χ0) is 25.1. The molecule has 8 N–H and O–H groups in total. The number of carboxylic acids is 1. The van der Waals surface area contributed by atoms with Crippen LogP contribution in [0.25, 0.3) is 32.7 Å². The van der Waals surface area contributed by atoms with E-state index in [4.69, 9.17) is 29.3 Å². The fourth-order valence-electron chi connectivity index (χ4n) is 3.31. The van der Waals surface area contributed by atoms with Crippen LogP contribution < -0.4 is 11.3 Å². The van der Waals surface area contributed by atoms with Crippen LogP contribution in [0.1, 0.15) is 10.4 Å². The second-order valence-corrected chi connectivity index (χ2v) is 6.94. The molecular weight excluding hydrogens is 460 g/mol. The molecule has 0 unspecified atom stereocenters. The summed E-state index contributed by atoms with van der Waals surface area (Å²) in [7, 11) is 0. The maximum atomic E-state index is 12.0. The van der Waals surface area contributed by atoms with E-state index in [1.807, 2.05) is 0 Å². The molecule has 0 fully saturated rings. The van der Waals surface area contributed by atoms with E-state index >= 15 is 0 Å². The minimum atomic E-state index is -1.29. The van der Waals surface area contributed by atoms with E-state index in [9.17, 15) is 34.8 Å². The number of rotatable bonds is 1. The predicted molar refractivity (Wildman–Crippen MR) is 112 cm³/mol. The maximum absolute atomic E-state index is 12.0. The lowest BCUT2D eigenvalue weighted by Gasteiger charge is -2.10. The van der Waals surface area contributed by atoms with E-state index in [1.165, 1.54) is 0 Å². The zero-order valence-corrected chi connectivity index (χ0v) is 16.4. The van der Waals surface area contributed by atoms with Crippen molar-refractivity contribution in [3.63, 3.8) is 0 Å². The Labute approximate surface area is 184 Å². The molecule has 0 aliphatic carbocycles. The highest BCUT2D eigenvalue weighted by molar-refractivity contribution is 6.22. The number of hydrogen-bond donors (Lipinski definition) is 8. The Morgan fingerprint density at radius 3 is 1.29 bits per heavy atom. The summed E-state index contributed by atoms with van der Waals surface area (Å²) in [6, 6.07) is 3.62. The average Bonchev–Trinajstić information content (AvgIpc) is 2.77. The van der Waals surface area contributed by atoms with Crippen LogP contribution >= 0.6 is 0 Å². The van der Waals surface area contributed by atoms with Gasteiger partial charge in [-0.25, -0.2) is 14.4 Å². The number of aromatic hydroxyl groups is 7. The fraction of sp³-hybridized carbons (Fsp3) is 0. The van der Waals surface area contributed by atoms with Gasteiger partial charge in [0, 0.05) is 10.8 Å². The van der Waals surface area contributed by atoms with Gasteiger partial charge in [-0.1, -0.05) is 0 Å². The first-order valence-electron chi connectivity index (χ1n) is 9.03. The van der Waals surface area contributed by atoms with Crippen molar-refractivity contribution in [3.8, 4) is 40.2 Å². The smallest absolute Gasteiger partial charge is 0.344 e. The molecule has 2 heterocycles. The van der Waals surface area contributed by atoms with Gasteiger partial charge < -0.3 is 49.7 Å². The molecule has 5 aromatic rings. The quantitative estimate of drug-likeness (QED) is 0.0987. The second-order valence-electron chi connectivity index (χ2n) is 6.94. The van der Waals surface area contributed by atoms with Crippen LogP contribution in [-0.4, -0.2) is 46.8 Å². The molecule has 0 spiro atoms. The molecule has 13 heteroatoms. The van der Waals surface area contributed by atoms with Crippen LogP contribution in [0.15, 0.2) is 42.7 Å². The van der Waals surface area contributed by atoms with Gasteiger partial charge in [0.2, 0.25) is 11.5 Å². The van der Waals surface area contributed by atoms with E-state index < -0.39 is 68.6 Å². The van der Waals surface area contributed by atoms with E-state index in [-0.39, 0.29) is 27.1 Å². The summed E-state index contributed by atoms with van der Waals surface area (Å²) in [5.74, 6) is -6.08. The number of hydrogen-bond acceptors (Lipinski definition) is 12. The van der Waals surface area contributed by atoms with Gasteiger partial charge in [0.15, 0.2) is 39.9 Å². The van der Waals surface area contributed by atoms with Crippen molar-refractivity contribution in [2.45, 2.75) is 0 Å². The third-order valence-electron chi connectivity index (χ3n) is 4.87. The summed E-state index contributed by atoms with van der Waals surface area (Å²) in [6.45, 7) is 0. The highest BCUT2D eigenvalue weighted by Crippen LogP contribution is 2.44. The Morgan fingerprint density at radius 1 is 0.588 bits per heavy atom. The number of aromatic carboxylic acids is 1. The van der Waals surface area contributed by atoms with Crippen LogP contribution in [0, 0.1) is 0 Å². The van der Waals surface area contributed by atoms with E-state index in [0.29, 0.717) is 0 Å². The van der Waals surface area contributed by atoms with Crippen LogP contribution in [0.3, 0.4) is 0 Å². The Morgan fingerprint density at radius 2 is 0.941 bits per heavy atom. The van der Waals surface area contributed by atoms with Crippen molar-refractivity contribution in [3.05, 3.63) is 50.7 Å². The molecule has 174 valence electrons. The lowest BCUT2D eigenvalue weighted by molar-refractivity contribution is 0.0695. The summed E-state index contributed by atoms with van der Waals surface area (Å²) in [4.78, 5) is 34.3. The van der Waals surface area contributed by atoms with E-state index in [2.05, 4.69) is 0 Å². The first-order valence-corrected chi connectivity index (χ1v) is 9.03. The molecule has 13 nitrogen and oxygen atoms in total. The second kappa shape index (κ2) is 7.37. The molecule has 0 bridgehead atoms. The van der Waals surface area contributed by atoms with Crippen LogP contribution in [0.2, 0.25) is 0 Å². The molecular formula is C21H12O13. The zero-order valence-electron chi connectivity index (χ0n) is 16.4. The molecule has 0 radical (unpaired) electrons. The molecule has 0 aliphatic rings. The van der Waals surface area contributed by atoms with Crippen LogP contribution in [-0.2, 0) is 0 Å². The monoisotopic (exact) mass is 472 g/mol. The van der Waals surface area contributed by atoms with Crippen molar-refractivity contribution < 1.29 is 54.5 Å². The lowest BCUT2D eigenvalue weighted by Crippen LogP contribution is -2.06. The number of phenols is 7. The van der Waals surface area contributed by atoms with E-state index in [0.717, 1.165) is 24.3 Å². The Kier molecular flexibility index (Phi) is 4.75. The van der Waals surface area contributed by atoms with Gasteiger partial charge in [0.05, 0.1) is 16.3 Å². The molecule has 0 saturated heterocycles. The summed E-state index contributed by atoms with van der Waals surface area (Å²) in [5, 5.41) is 73.6. The summed E-state index contributed by atoms with van der Waals surface area (Å²) in [5.41, 5.74) is -2.98. The summed E-state index contributed by atoms with van der Waals surface area (Å²) < 4.78 is 9.87. The number of carbonyl (C=O) groups is 1. The molecule has 0 saturated carbocycles. The molecule has 34 heavy (non-hydrogen) atoms. The molecule has 2 aromatic heterocycles. The van der Waals surface area contributed by atoms with Gasteiger partial charge in [-0.2, -0.15) is 0 Å². The highest BCUT2D eigenvalue weighted by atomic mass is 16.4. The minimum Gasteiger partial charge on any atom is -0.504 e. The molecule has 3 aromatic carbocycles. The maximum Gasteiger partial charge on any atom is 0.344 e. The standard InChI is InChI=1S/C14H6O8.C7H6O5/c15-5-1-3-7-8-4(14(20)22-11(7)9(5)17)2-6(16)10(18)12(8)21-13(3)19;8-4-1-3(7(11)12)2-5(9)6(4)10/h1-2,15-18H;1-2,8-10H,(H,11,12). The lowest BCUT2D eigenvalue weighted by atomic mass is 10.0. The van der Waals surface area contributed by atoms with Crippen molar-refractivity contribution in [1.82, 2.24) is 0 Å². The van der Waals surface area contributed by atoms with Gasteiger partial charge >= 0.3 is 17.2 Å². The SMILES string of the molecule is O=C(O)c1cc(O)c(O)c(O)c1.O=c1oc2c(O)c(O)cc3c(=O)oc4c(O)c(O)cc1c4c23. The molecule has 0 amide bonds. The van der Waals surface area contributed by atoms with Gasteiger partial charge in [0.1, 0.15) is 0 Å². The first kappa shape index (κ1) is 21.9. The molecule has 0 aliphatic heterocycles. The summed E-state index contributed by atoms with van der Waals surface area (Å²) in [6.07, 6.45) is 0. The minimum absolute atomic E-state index is 0.00597. The van der Waals surface area contributed by atoms with Crippen molar-refractivity contribution in [2.75, 3.05) is 0 Å². The first-order chi connectivity index (χ1) is 15.9. The van der Waals surface area contributed by atoms with Crippen LogP contribution in [0.5, 0.6) is 40.2 Å². The molecule has 0 atom stereocenters. The van der Waals surface area contributed by atoms with Crippen molar-refractivity contribution in [2.24, 2.45) is 0 Å².